The third kappa shape index (κ3) is 6.04. The minimum atomic E-state index is -1.53. The summed E-state index contributed by atoms with van der Waals surface area (Å²) in [7, 11) is 0. The Bertz CT molecular complexity index is 1540. The molecular weight excluding hydrogens is 622 g/mol. The van der Waals surface area contributed by atoms with Crippen molar-refractivity contribution in [1.29, 1.82) is 0 Å². The molecule has 6 rings (SSSR count). The van der Waals surface area contributed by atoms with Gasteiger partial charge in [0.05, 0.1) is 13.2 Å². The first-order chi connectivity index (χ1) is 23.0. The lowest BCUT2D eigenvalue weighted by atomic mass is 9.70. The van der Waals surface area contributed by atoms with E-state index >= 15 is 0 Å². The highest BCUT2D eigenvalue weighted by Gasteiger charge is 2.47. The van der Waals surface area contributed by atoms with Crippen LogP contribution in [-0.4, -0.2) is 139 Å². The maximum Gasteiger partial charge on any atom is 0.222 e. The molecule has 3 heterocycles. The minimum Gasteiger partial charge on any atom is -0.394 e. The zero-order valence-corrected chi connectivity index (χ0v) is 26.4. The molecule has 3 fully saturated rings. The molecule has 0 bridgehead atoms. The van der Waals surface area contributed by atoms with Gasteiger partial charge in [0, 0.05) is 36.1 Å². The van der Waals surface area contributed by atoms with Crippen LogP contribution in [0.5, 0.6) is 0 Å². The number of amides is 1. The second-order valence-corrected chi connectivity index (χ2v) is 12.9. The van der Waals surface area contributed by atoms with E-state index in [4.69, 9.17) is 9.47 Å². The van der Waals surface area contributed by atoms with Crippen LogP contribution in [0.3, 0.4) is 0 Å². The first-order valence-corrected chi connectivity index (χ1v) is 16.2. The number of rotatable bonds is 3. The molecule has 1 amide bonds. The number of hydrogen-bond donors (Lipinski definition) is 8. The Kier molecular flexibility index (Phi) is 9.96. The number of piperidine rings is 1. The van der Waals surface area contributed by atoms with Gasteiger partial charge in [-0.05, 0) is 59.4 Å². The van der Waals surface area contributed by atoms with E-state index in [0.717, 1.165) is 22.3 Å². The predicted octanol–water partition coefficient (Wildman–Crippen LogP) is -1.63. The molecule has 0 radical (unpaired) electrons. The quantitative estimate of drug-likeness (QED) is 0.176. The van der Waals surface area contributed by atoms with E-state index in [2.05, 4.69) is 23.7 Å². The van der Waals surface area contributed by atoms with Crippen LogP contribution < -0.4 is 0 Å². The largest absolute Gasteiger partial charge is 0.394 e. The fourth-order valence-corrected chi connectivity index (χ4v) is 7.30. The van der Waals surface area contributed by atoms with Gasteiger partial charge in [-0.2, -0.15) is 0 Å². The van der Waals surface area contributed by atoms with Gasteiger partial charge in [0.2, 0.25) is 5.91 Å². The number of nitrogens with zero attached hydrogens (tertiary/aromatic N) is 1. The molecule has 8 N–H and O–H groups in total. The summed E-state index contributed by atoms with van der Waals surface area (Å²) in [4.78, 5) is 14.5. The van der Waals surface area contributed by atoms with Crippen molar-refractivity contribution >= 4 is 5.91 Å². The molecule has 3 aliphatic heterocycles. The number of fused-ring (bicyclic) bond motifs is 5. The van der Waals surface area contributed by atoms with Crippen LogP contribution >= 0.6 is 0 Å². The van der Waals surface area contributed by atoms with Gasteiger partial charge in [-0.25, -0.2) is 0 Å². The molecule has 4 aliphatic rings. The summed E-state index contributed by atoms with van der Waals surface area (Å²) in [6.45, 7) is 1.85. The molecule has 2 aromatic rings. The number of hydrogen-bond acceptors (Lipinski definition) is 11. The Hall–Kier alpha value is -3.37. The summed E-state index contributed by atoms with van der Waals surface area (Å²) in [5.74, 6) is 11.9. The van der Waals surface area contributed by atoms with Gasteiger partial charge in [-0.3, -0.25) is 4.79 Å². The molecule has 10 atom stereocenters. The van der Waals surface area contributed by atoms with Crippen molar-refractivity contribution in [3.05, 3.63) is 58.7 Å². The van der Waals surface area contributed by atoms with Crippen molar-refractivity contribution in [1.82, 2.24) is 4.90 Å². The van der Waals surface area contributed by atoms with Gasteiger partial charge in [-0.15, -0.1) is 0 Å². The maximum atomic E-state index is 12.6. The number of benzene rings is 2. The van der Waals surface area contributed by atoms with Gasteiger partial charge in [0.1, 0.15) is 61.0 Å². The molecule has 0 aromatic heterocycles. The minimum absolute atomic E-state index is 0.0848. The Morgan fingerprint density at radius 1 is 0.729 bits per heavy atom. The molecule has 3 saturated heterocycles. The Balaban J connectivity index is 1.34. The molecular formula is C36H41NO11. The SMILES string of the molecule is CCC(=O)N1CCC2(CC1)c1cc(C#C[C@H]3O[C@H](CO)[C@@H](O)[C@H](O)[C@@H]3O)ccc1-c1ccc(C#C[C@H]3O[C@H](CO)[C@@H](O)[C@H](O)[C@@H]3O)cc12. The molecule has 12 heteroatoms. The Labute approximate surface area is 278 Å². The maximum absolute atomic E-state index is 12.6. The summed E-state index contributed by atoms with van der Waals surface area (Å²) < 4.78 is 11.1. The van der Waals surface area contributed by atoms with Gasteiger partial charge in [0.25, 0.3) is 0 Å². The monoisotopic (exact) mass is 663 g/mol. The van der Waals surface area contributed by atoms with Crippen molar-refractivity contribution < 1.29 is 55.1 Å². The first kappa shape index (κ1) is 34.5. The zero-order valence-electron chi connectivity index (χ0n) is 26.4. The van der Waals surface area contributed by atoms with Crippen LogP contribution in [-0.2, 0) is 19.7 Å². The second-order valence-electron chi connectivity index (χ2n) is 12.9. The predicted molar refractivity (Wildman–Crippen MR) is 170 cm³/mol. The highest BCUT2D eigenvalue weighted by Crippen LogP contribution is 2.54. The van der Waals surface area contributed by atoms with Crippen molar-refractivity contribution in [2.24, 2.45) is 0 Å². The smallest absolute Gasteiger partial charge is 0.222 e. The molecule has 12 nitrogen and oxygen atoms in total. The van der Waals surface area contributed by atoms with E-state index in [-0.39, 0.29) is 5.91 Å². The molecule has 48 heavy (non-hydrogen) atoms. The van der Waals surface area contributed by atoms with E-state index < -0.39 is 79.7 Å². The van der Waals surface area contributed by atoms with Crippen molar-refractivity contribution in [2.75, 3.05) is 26.3 Å². The van der Waals surface area contributed by atoms with Crippen LogP contribution in [0.15, 0.2) is 36.4 Å². The molecule has 0 saturated carbocycles. The lowest BCUT2D eigenvalue weighted by molar-refractivity contribution is -0.214. The van der Waals surface area contributed by atoms with Gasteiger partial charge in [-0.1, -0.05) is 42.7 Å². The number of likely N-dealkylation sites (tertiary alicyclic amines) is 1. The normalized spacial score (nSPS) is 33.6. The fraction of sp³-hybridized carbons (Fsp3) is 0.528. The highest BCUT2D eigenvalue weighted by atomic mass is 16.5. The Morgan fingerprint density at radius 2 is 1.17 bits per heavy atom. The van der Waals surface area contributed by atoms with E-state index in [1.54, 1.807) is 0 Å². The lowest BCUT2D eigenvalue weighted by Gasteiger charge is -2.41. The molecule has 2 aromatic carbocycles. The summed E-state index contributed by atoms with van der Waals surface area (Å²) in [6.07, 6.45) is -11.6. The molecule has 256 valence electrons. The summed E-state index contributed by atoms with van der Waals surface area (Å²) in [6, 6.07) is 11.6. The number of ether oxygens (including phenoxy) is 2. The van der Waals surface area contributed by atoms with E-state index in [1.807, 2.05) is 48.2 Å². The third-order valence-electron chi connectivity index (χ3n) is 10.1. The van der Waals surface area contributed by atoms with Crippen molar-refractivity contribution in [2.45, 2.75) is 92.6 Å². The van der Waals surface area contributed by atoms with E-state index in [0.29, 0.717) is 43.5 Å². The van der Waals surface area contributed by atoms with Gasteiger partial charge in [0.15, 0.2) is 0 Å². The molecule has 1 aliphatic carbocycles. The van der Waals surface area contributed by atoms with Gasteiger partial charge < -0.3 is 55.2 Å². The average Bonchev–Trinajstić information content (AvgIpc) is 3.36. The molecule has 0 unspecified atom stereocenters. The van der Waals surface area contributed by atoms with Crippen LogP contribution in [0, 0.1) is 23.7 Å². The second kappa shape index (κ2) is 13.9. The van der Waals surface area contributed by atoms with Crippen LogP contribution in [0.1, 0.15) is 48.4 Å². The molecule has 1 spiro atoms. The number of aliphatic hydroxyl groups is 8. The van der Waals surface area contributed by atoms with Crippen molar-refractivity contribution in [3.8, 4) is 34.8 Å². The Morgan fingerprint density at radius 3 is 1.56 bits per heavy atom. The van der Waals surface area contributed by atoms with Crippen LogP contribution in [0.2, 0.25) is 0 Å². The van der Waals surface area contributed by atoms with E-state index in [1.165, 1.54) is 0 Å². The third-order valence-corrected chi connectivity index (χ3v) is 10.1. The van der Waals surface area contributed by atoms with Gasteiger partial charge >= 0.3 is 0 Å². The summed E-state index contributed by atoms with van der Waals surface area (Å²) >= 11 is 0. The number of aliphatic hydroxyl groups excluding tert-OH is 8. The standard InChI is InChI=1S/C36H41NO11/c1-2-29(40)37-13-11-36(12-14-37)23-15-19(5-9-25-30(41)34(45)32(43)27(17-38)47-25)3-7-21(23)22-8-4-20(16-24(22)36)6-10-26-31(42)35(46)33(44)28(18-39)48-26/h3-4,7-8,15-16,25-28,30-35,38-39,41-46H,2,11-14,17-18H2,1H3/t25-,26-,27-,28-,30-,31-,32-,33-,34-,35-/m1/s1. The number of carbonyl (C=O) groups is 1. The summed E-state index contributed by atoms with van der Waals surface area (Å²) in [5.41, 5.74) is 4.86. The summed E-state index contributed by atoms with van der Waals surface area (Å²) in [5, 5.41) is 80.6. The topological polar surface area (TPSA) is 201 Å². The van der Waals surface area contributed by atoms with Crippen LogP contribution in [0.4, 0.5) is 0 Å². The number of carbonyl (C=O) groups excluding carboxylic acids is 1. The average molecular weight is 664 g/mol. The van der Waals surface area contributed by atoms with E-state index in [9.17, 15) is 45.6 Å². The zero-order chi connectivity index (χ0) is 34.3. The van der Waals surface area contributed by atoms with Crippen LogP contribution in [0.25, 0.3) is 11.1 Å². The first-order valence-electron chi connectivity index (χ1n) is 16.2. The fourth-order valence-electron chi connectivity index (χ4n) is 7.30. The lowest BCUT2D eigenvalue weighted by Crippen LogP contribution is -2.58. The van der Waals surface area contributed by atoms with Crippen molar-refractivity contribution in [3.63, 3.8) is 0 Å². The highest BCUT2D eigenvalue weighted by molar-refractivity contribution is 5.83.